The number of halogens is 1. The van der Waals surface area contributed by atoms with Crippen LogP contribution in [0.4, 0.5) is 4.39 Å². The number of rotatable bonds is 4. The van der Waals surface area contributed by atoms with Gasteiger partial charge in [0.1, 0.15) is 17.4 Å². The Labute approximate surface area is 163 Å². The van der Waals surface area contributed by atoms with Crippen molar-refractivity contribution in [3.8, 4) is 5.75 Å². The van der Waals surface area contributed by atoms with E-state index in [2.05, 4.69) is 9.55 Å². The molecular weight excluding hydrogens is 357 g/mol. The first-order valence-electron chi connectivity index (χ1n) is 9.73. The van der Waals surface area contributed by atoms with Crippen LogP contribution < -0.4 is 4.74 Å². The van der Waals surface area contributed by atoms with Crippen molar-refractivity contribution < 1.29 is 13.9 Å². The first kappa shape index (κ1) is 18.5. The van der Waals surface area contributed by atoms with Crippen LogP contribution >= 0.6 is 0 Å². The van der Waals surface area contributed by atoms with Gasteiger partial charge in [-0.2, -0.15) is 0 Å². The molecule has 0 unspecified atom stereocenters. The summed E-state index contributed by atoms with van der Waals surface area (Å²) in [5, 5.41) is 0. The number of carbonyl (C=O) groups excluding carboxylic acids is 1. The van der Waals surface area contributed by atoms with Gasteiger partial charge in [-0.1, -0.05) is 12.1 Å². The van der Waals surface area contributed by atoms with Crippen LogP contribution in [0, 0.1) is 12.7 Å². The third-order valence-electron chi connectivity index (χ3n) is 5.36. The van der Waals surface area contributed by atoms with Gasteiger partial charge in [-0.15, -0.1) is 0 Å². The summed E-state index contributed by atoms with van der Waals surface area (Å²) in [5.74, 6) is 1.25. The molecule has 28 heavy (non-hydrogen) atoms. The molecule has 0 spiro atoms. The number of hydrogen-bond donors (Lipinski definition) is 0. The van der Waals surface area contributed by atoms with Gasteiger partial charge in [-0.3, -0.25) is 4.79 Å². The van der Waals surface area contributed by atoms with Crippen LogP contribution in [0.1, 0.15) is 42.0 Å². The van der Waals surface area contributed by atoms with Crippen molar-refractivity contribution in [2.45, 2.75) is 32.7 Å². The second-order valence-electron chi connectivity index (χ2n) is 7.11. The molecule has 146 valence electrons. The van der Waals surface area contributed by atoms with Gasteiger partial charge in [0.05, 0.1) is 23.2 Å². The predicted molar refractivity (Wildman–Crippen MR) is 106 cm³/mol. The molecule has 0 radical (unpaired) electrons. The Balaban J connectivity index is 1.51. The average Bonchev–Trinajstić information content (AvgIpc) is 3.03. The van der Waals surface area contributed by atoms with Crippen molar-refractivity contribution >= 4 is 16.9 Å². The number of piperidine rings is 1. The standard InChI is InChI=1S/C22H24FN3O2/c1-3-28-21-7-5-4-6-18(21)22(27)25-12-10-17(11-13-25)26-15(2)24-19-14-16(23)8-9-20(19)26/h4-9,14,17H,3,10-13H2,1-2H3. The van der Waals surface area contributed by atoms with Crippen molar-refractivity contribution in [3.63, 3.8) is 0 Å². The Morgan fingerprint density at radius 3 is 2.71 bits per heavy atom. The fraction of sp³-hybridized carbons (Fsp3) is 0.364. The van der Waals surface area contributed by atoms with Gasteiger partial charge in [0, 0.05) is 25.2 Å². The topological polar surface area (TPSA) is 47.4 Å². The Bertz CT molecular complexity index is 1010. The summed E-state index contributed by atoms with van der Waals surface area (Å²) in [6.45, 7) is 5.73. The van der Waals surface area contributed by atoms with E-state index in [-0.39, 0.29) is 17.8 Å². The first-order chi connectivity index (χ1) is 13.6. The lowest BCUT2D eigenvalue weighted by molar-refractivity contribution is 0.0691. The summed E-state index contributed by atoms with van der Waals surface area (Å²) in [5.41, 5.74) is 2.24. The van der Waals surface area contributed by atoms with E-state index >= 15 is 0 Å². The summed E-state index contributed by atoms with van der Waals surface area (Å²) >= 11 is 0. The third kappa shape index (κ3) is 3.35. The Morgan fingerprint density at radius 1 is 1.21 bits per heavy atom. The van der Waals surface area contributed by atoms with Crippen LogP contribution in [0.2, 0.25) is 0 Å². The molecule has 1 saturated heterocycles. The highest BCUT2D eigenvalue weighted by Crippen LogP contribution is 2.30. The van der Waals surface area contributed by atoms with Crippen molar-refractivity contribution in [1.82, 2.24) is 14.5 Å². The Kier molecular flexibility index (Phi) is 5.03. The number of aryl methyl sites for hydroxylation is 1. The zero-order valence-electron chi connectivity index (χ0n) is 16.2. The highest BCUT2D eigenvalue weighted by molar-refractivity contribution is 5.97. The molecule has 2 aromatic carbocycles. The van der Waals surface area contributed by atoms with E-state index < -0.39 is 0 Å². The van der Waals surface area contributed by atoms with Crippen molar-refractivity contribution in [3.05, 3.63) is 59.7 Å². The number of likely N-dealkylation sites (tertiary alicyclic amines) is 1. The maximum Gasteiger partial charge on any atom is 0.257 e. The molecule has 4 rings (SSSR count). The Morgan fingerprint density at radius 2 is 1.96 bits per heavy atom. The van der Waals surface area contributed by atoms with E-state index in [4.69, 9.17) is 4.74 Å². The van der Waals surface area contributed by atoms with E-state index in [1.54, 1.807) is 6.07 Å². The maximum atomic E-state index is 13.5. The minimum absolute atomic E-state index is 0.0109. The lowest BCUT2D eigenvalue weighted by Crippen LogP contribution is -2.39. The number of benzene rings is 2. The molecule has 0 bridgehead atoms. The number of para-hydroxylation sites is 1. The van der Waals surface area contributed by atoms with Gasteiger partial charge in [0.25, 0.3) is 5.91 Å². The highest BCUT2D eigenvalue weighted by atomic mass is 19.1. The zero-order chi connectivity index (χ0) is 19.7. The molecule has 1 aromatic heterocycles. The number of aromatic nitrogens is 2. The predicted octanol–water partition coefficient (Wildman–Crippen LogP) is 4.36. The second kappa shape index (κ2) is 7.62. The average molecular weight is 381 g/mol. The van der Waals surface area contributed by atoms with E-state index in [0.717, 1.165) is 24.2 Å². The summed E-state index contributed by atoms with van der Waals surface area (Å²) in [7, 11) is 0. The zero-order valence-corrected chi connectivity index (χ0v) is 16.2. The molecule has 5 nitrogen and oxygen atoms in total. The fourth-order valence-electron chi connectivity index (χ4n) is 4.08. The van der Waals surface area contributed by atoms with Gasteiger partial charge in [0.2, 0.25) is 0 Å². The van der Waals surface area contributed by atoms with Crippen LogP contribution in [0.3, 0.4) is 0 Å². The van der Waals surface area contributed by atoms with Gasteiger partial charge in [0.15, 0.2) is 0 Å². The summed E-state index contributed by atoms with van der Waals surface area (Å²) in [4.78, 5) is 19.4. The van der Waals surface area contributed by atoms with Crippen LogP contribution in [-0.4, -0.2) is 40.1 Å². The van der Waals surface area contributed by atoms with E-state index in [1.165, 1.54) is 12.1 Å². The van der Waals surface area contributed by atoms with Gasteiger partial charge >= 0.3 is 0 Å². The molecule has 1 amide bonds. The summed E-state index contributed by atoms with van der Waals surface area (Å²) < 4.78 is 21.3. The number of fused-ring (bicyclic) bond motifs is 1. The normalized spacial score (nSPS) is 15.2. The Hall–Kier alpha value is -2.89. The molecule has 1 aliphatic rings. The summed E-state index contributed by atoms with van der Waals surface area (Å²) in [6, 6.07) is 12.4. The molecule has 0 atom stereocenters. The quantitative estimate of drug-likeness (QED) is 0.675. The van der Waals surface area contributed by atoms with E-state index in [0.29, 0.717) is 36.5 Å². The third-order valence-corrected chi connectivity index (χ3v) is 5.36. The molecule has 6 heteroatoms. The monoisotopic (exact) mass is 381 g/mol. The second-order valence-corrected chi connectivity index (χ2v) is 7.11. The van der Waals surface area contributed by atoms with Gasteiger partial charge < -0.3 is 14.2 Å². The number of amides is 1. The van der Waals surface area contributed by atoms with Crippen molar-refractivity contribution in [2.24, 2.45) is 0 Å². The van der Waals surface area contributed by atoms with E-state index in [9.17, 15) is 9.18 Å². The number of ether oxygens (including phenoxy) is 1. The number of imidazole rings is 1. The fourth-order valence-corrected chi connectivity index (χ4v) is 4.08. The molecule has 3 aromatic rings. The maximum absolute atomic E-state index is 13.5. The number of nitrogens with zero attached hydrogens (tertiary/aromatic N) is 3. The minimum atomic E-state index is -0.273. The molecule has 0 N–H and O–H groups in total. The molecule has 2 heterocycles. The molecular formula is C22H24FN3O2. The smallest absolute Gasteiger partial charge is 0.257 e. The van der Waals surface area contributed by atoms with Crippen LogP contribution in [0.15, 0.2) is 42.5 Å². The van der Waals surface area contributed by atoms with Crippen molar-refractivity contribution in [2.75, 3.05) is 19.7 Å². The van der Waals surface area contributed by atoms with E-state index in [1.807, 2.05) is 43.0 Å². The minimum Gasteiger partial charge on any atom is -0.493 e. The molecule has 0 saturated carbocycles. The number of carbonyl (C=O) groups is 1. The lowest BCUT2D eigenvalue weighted by Gasteiger charge is -2.33. The van der Waals surface area contributed by atoms with Crippen molar-refractivity contribution in [1.29, 1.82) is 0 Å². The van der Waals surface area contributed by atoms with Gasteiger partial charge in [-0.05, 0) is 51.0 Å². The molecule has 0 aliphatic carbocycles. The highest BCUT2D eigenvalue weighted by Gasteiger charge is 2.27. The SMILES string of the molecule is CCOc1ccccc1C(=O)N1CCC(n2c(C)nc3cc(F)ccc32)CC1. The number of hydrogen-bond acceptors (Lipinski definition) is 3. The van der Waals surface area contributed by atoms with Crippen LogP contribution in [0.5, 0.6) is 5.75 Å². The van der Waals surface area contributed by atoms with Crippen LogP contribution in [-0.2, 0) is 0 Å². The lowest BCUT2D eigenvalue weighted by atomic mass is 10.0. The largest absolute Gasteiger partial charge is 0.493 e. The first-order valence-corrected chi connectivity index (χ1v) is 9.73. The van der Waals surface area contributed by atoms with Gasteiger partial charge in [-0.25, -0.2) is 9.37 Å². The molecule has 1 aliphatic heterocycles. The molecule has 1 fully saturated rings. The van der Waals surface area contributed by atoms with Crippen LogP contribution in [0.25, 0.3) is 11.0 Å². The summed E-state index contributed by atoms with van der Waals surface area (Å²) in [6.07, 6.45) is 1.68.